The molecule has 0 fully saturated rings. The number of rotatable bonds is 48. The number of esters is 3. The van der Waals surface area contributed by atoms with Gasteiger partial charge in [0.05, 0.1) is 0 Å². The average Bonchev–Trinajstić information content (AvgIpc) is 3.34. The minimum absolute atomic E-state index is 0.106. The van der Waals surface area contributed by atoms with Crippen LogP contribution >= 0.6 is 0 Å². The van der Waals surface area contributed by atoms with Crippen molar-refractivity contribution in [3.05, 3.63) is 122 Å². The zero-order valence-electron chi connectivity index (χ0n) is 43.8. The van der Waals surface area contributed by atoms with Gasteiger partial charge in [0, 0.05) is 19.3 Å². The second-order valence-corrected chi connectivity index (χ2v) is 17.7. The fourth-order valence-electron chi connectivity index (χ4n) is 7.10. The third-order valence-electron chi connectivity index (χ3n) is 11.2. The normalized spacial score (nSPS) is 13.0. The Hall–Kier alpha value is -4.19. The van der Waals surface area contributed by atoms with Gasteiger partial charge in [-0.1, -0.05) is 206 Å². The summed E-state index contributed by atoms with van der Waals surface area (Å²) in [7, 11) is 0. The standard InChI is InChI=1S/C62H100O6/c1-4-7-10-13-16-19-22-25-28-30-31-33-34-37-40-43-46-49-52-55-61(64)67-58-59(57-66-60(63)54-51-48-45-42-39-36-27-24-21-18-15-12-9-6-3)68-62(65)56-53-50-47-44-41-38-35-32-29-26-23-20-17-14-11-8-5-2/h7-8,10-11,16-17,19-20,24-29,31,33,35,37-38,40,59H,4-6,9,12-15,18,21-23,30,32,34,36,39,41-58H2,1-3H3/b10-7-,11-8-,19-16-,20-17-,27-24-,28-25-,29-26-,33-31-,38-35-,40-37-. The second-order valence-electron chi connectivity index (χ2n) is 17.7. The van der Waals surface area contributed by atoms with E-state index in [0.717, 1.165) is 148 Å². The van der Waals surface area contributed by atoms with Gasteiger partial charge >= 0.3 is 17.9 Å². The lowest BCUT2D eigenvalue weighted by molar-refractivity contribution is -0.167. The van der Waals surface area contributed by atoms with Gasteiger partial charge in [-0.3, -0.25) is 14.4 Å². The highest BCUT2D eigenvalue weighted by molar-refractivity contribution is 5.71. The van der Waals surface area contributed by atoms with Crippen LogP contribution in [0.1, 0.15) is 233 Å². The topological polar surface area (TPSA) is 78.9 Å². The maximum atomic E-state index is 12.8. The highest BCUT2D eigenvalue weighted by atomic mass is 16.6. The van der Waals surface area contributed by atoms with Crippen molar-refractivity contribution in [2.24, 2.45) is 0 Å². The van der Waals surface area contributed by atoms with Crippen LogP contribution in [0.25, 0.3) is 0 Å². The molecule has 1 atom stereocenters. The molecular weight excluding hydrogens is 841 g/mol. The van der Waals surface area contributed by atoms with Crippen LogP contribution in [0, 0.1) is 0 Å². The highest BCUT2D eigenvalue weighted by Gasteiger charge is 2.19. The van der Waals surface area contributed by atoms with Gasteiger partial charge in [0.2, 0.25) is 0 Å². The maximum Gasteiger partial charge on any atom is 0.306 e. The molecule has 0 aromatic rings. The molecule has 6 nitrogen and oxygen atoms in total. The monoisotopic (exact) mass is 941 g/mol. The summed E-state index contributed by atoms with van der Waals surface area (Å²) in [5.74, 6) is -0.976. The van der Waals surface area contributed by atoms with Crippen LogP contribution in [0.3, 0.4) is 0 Å². The summed E-state index contributed by atoms with van der Waals surface area (Å²) in [6, 6.07) is 0. The quantitative estimate of drug-likeness (QED) is 0.0262. The summed E-state index contributed by atoms with van der Waals surface area (Å²) in [5, 5.41) is 0. The summed E-state index contributed by atoms with van der Waals surface area (Å²) in [6.07, 6.45) is 76.1. The molecule has 384 valence electrons. The third kappa shape index (κ3) is 52.8. The molecule has 68 heavy (non-hydrogen) atoms. The SMILES string of the molecule is CC/C=C\C/C=C\C/C=C\C/C=C\C/C=C\CCCCCC(=O)OCC(COC(=O)CCCCCCC/C=C\CCCCCCC)OC(=O)CCCCCC/C=C\C/C=C\C/C=C\C/C=C\CC. The molecule has 0 radical (unpaired) electrons. The Labute approximate surface area is 418 Å². The molecule has 0 heterocycles. The molecule has 0 spiro atoms. The molecule has 0 rings (SSSR count). The number of carbonyl (C=O) groups excluding carboxylic acids is 3. The largest absolute Gasteiger partial charge is 0.462 e. The number of unbranched alkanes of at least 4 members (excludes halogenated alkanes) is 17. The first-order chi connectivity index (χ1) is 33.5. The van der Waals surface area contributed by atoms with Gasteiger partial charge in [0.1, 0.15) is 13.2 Å². The first-order valence-electron chi connectivity index (χ1n) is 27.5. The first-order valence-corrected chi connectivity index (χ1v) is 27.5. The average molecular weight is 941 g/mol. The van der Waals surface area contributed by atoms with Crippen molar-refractivity contribution in [3.8, 4) is 0 Å². The summed E-state index contributed by atoms with van der Waals surface area (Å²) in [5.41, 5.74) is 0. The van der Waals surface area contributed by atoms with E-state index in [0.29, 0.717) is 12.8 Å². The van der Waals surface area contributed by atoms with Crippen molar-refractivity contribution in [2.45, 2.75) is 239 Å². The molecule has 0 aliphatic rings. The summed E-state index contributed by atoms with van der Waals surface area (Å²) < 4.78 is 16.8. The van der Waals surface area contributed by atoms with E-state index in [4.69, 9.17) is 14.2 Å². The molecule has 6 heteroatoms. The van der Waals surface area contributed by atoms with Crippen LogP contribution in [0.2, 0.25) is 0 Å². The van der Waals surface area contributed by atoms with E-state index in [1.807, 2.05) is 0 Å². The fourth-order valence-corrected chi connectivity index (χ4v) is 7.10. The Morgan fingerprint density at radius 3 is 0.926 bits per heavy atom. The molecule has 0 aromatic heterocycles. The Kier molecular flexibility index (Phi) is 52.0. The van der Waals surface area contributed by atoms with Gasteiger partial charge in [-0.2, -0.15) is 0 Å². The lowest BCUT2D eigenvalue weighted by Crippen LogP contribution is -2.30. The molecule has 0 aliphatic heterocycles. The molecule has 0 amide bonds. The molecule has 0 saturated heterocycles. The second kappa shape index (κ2) is 55.4. The van der Waals surface area contributed by atoms with Crippen LogP contribution in [0.5, 0.6) is 0 Å². The first kappa shape index (κ1) is 63.8. The van der Waals surface area contributed by atoms with Crippen LogP contribution in [0.15, 0.2) is 122 Å². The lowest BCUT2D eigenvalue weighted by atomic mass is 10.1. The maximum absolute atomic E-state index is 12.8. The van der Waals surface area contributed by atoms with Crippen molar-refractivity contribution in [3.63, 3.8) is 0 Å². The molecule has 0 aromatic carbocycles. The number of hydrogen-bond acceptors (Lipinski definition) is 6. The number of carbonyl (C=O) groups is 3. The zero-order valence-corrected chi connectivity index (χ0v) is 43.8. The van der Waals surface area contributed by atoms with E-state index in [1.165, 1.54) is 44.9 Å². The van der Waals surface area contributed by atoms with Crippen molar-refractivity contribution in [1.82, 2.24) is 0 Å². The Morgan fingerprint density at radius 1 is 0.309 bits per heavy atom. The zero-order chi connectivity index (χ0) is 49.3. The Morgan fingerprint density at radius 2 is 0.574 bits per heavy atom. The predicted molar refractivity (Wildman–Crippen MR) is 293 cm³/mol. The van der Waals surface area contributed by atoms with Gasteiger partial charge in [0.15, 0.2) is 6.10 Å². The van der Waals surface area contributed by atoms with E-state index in [2.05, 4.69) is 142 Å². The summed E-state index contributed by atoms with van der Waals surface area (Å²) >= 11 is 0. The van der Waals surface area contributed by atoms with Crippen LogP contribution < -0.4 is 0 Å². The molecule has 0 saturated carbocycles. The summed E-state index contributed by atoms with van der Waals surface area (Å²) in [6.45, 7) is 6.34. The van der Waals surface area contributed by atoms with Gasteiger partial charge in [-0.05, 0) is 128 Å². The Bertz CT molecular complexity index is 1450. The third-order valence-corrected chi connectivity index (χ3v) is 11.2. The molecular formula is C62H100O6. The molecule has 0 aliphatic carbocycles. The van der Waals surface area contributed by atoms with E-state index in [9.17, 15) is 14.4 Å². The fraction of sp³-hybridized carbons (Fsp3) is 0.629. The highest BCUT2D eigenvalue weighted by Crippen LogP contribution is 2.13. The molecule has 0 N–H and O–H groups in total. The number of ether oxygens (including phenoxy) is 3. The van der Waals surface area contributed by atoms with Gasteiger partial charge in [0.25, 0.3) is 0 Å². The summed E-state index contributed by atoms with van der Waals surface area (Å²) in [4.78, 5) is 38.1. The van der Waals surface area contributed by atoms with E-state index < -0.39 is 6.10 Å². The van der Waals surface area contributed by atoms with Crippen molar-refractivity contribution < 1.29 is 28.6 Å². The van der Waals surface area contributed by atoms with E-state index >= 15 is 0 Å². The molecule has 0 bridgehead atoms. The van der Waals surface area contributed by atoms with Crippen LogP contribution in [0.4, 0.5) is 0 Å². The Balaban J connectivity index is 4.52. The minimum atomic E-state index is -0.812. The van der Waals surface area contributed by atoms with Gasteiger partial charge in [-0.25, -0.2) is 0 Å². The van der Waals surface area contributed by atoms with Crippen LogP contribution in [-0.4, -0.2) is 37.2 Å². The smallest absolute Gasteiger partial charge is 0.306 e. The van der Waals surface area contributed by atoms with E-state index in [1.54, 1.807) is 0 Å². The predicted octanol–water partition coefficient (Wildman–Crippen LogP) is 18.5. The lowest BCUT2D eigenvalue weighted by Gasteiger charge is -2.18. The number of hydrogen-bond donors (Lipinski definition) is 0. The van der Waals surface area contributed by atoms with Crippen molar-refractivity contribution in [2.75, 3.05) is 13.2 Å². The number of allylic oxidation sites excluding steroid dienone is 20. The molecule has 1 unspecified atom stereocenters. The van der Waals surface area contributed by atoms with Crippen molar-refractivity contribution >= 4 is 17.9 Å². The van der Waals surface area contributed by atoms with Crippen molar-refractivity contribution in [1.29, 1.82) is 0 Å². The van der Waals surface area contributed by atoms with Gasteiger partial charge in [-0.15, -0.1) is 0 Å². The minimum Gasteiger partial charge on any atom is -0.462 e. The van der Waals surface area contributed by atoms with Crippen LogP contribution in [-0.2, 0) is 28.6 Å². The van der Waals surface area contributed by atoms with E-state index in [-0.39, 0.29) is 37.5 Å². The van der Waals surface area contributed by atoms with Gasteiger partial charge < -0.3 is 14.2 Å².